The number of halogens is 6. The molecule has 1 atom stereocenters. The van der Waals surface area contributed by atoms with E-state index in [9.17, 15) is 26.3 Å². The molecule has 1 aromatic heterocycles. The highest BCUT2D eigenvalue weighted by Gasteiger charge is 2.62. The number of pyridine rings is 1. The fourth-order valence-corrected chi connectivity index (χ4v) is 1.00. The topological polar surface area (TPSA) is 38.9 Å². The van der Waals surface area contributed by atoms with Gasteiger partial charge in [0, 0.05) is 11.8 Å². The molecule has 0 fully saturated rings. The molecule has 1 rings (SSSR count). The van der Waals surface area contributed by atoms with Crippen molar-refractivity contribution in [3.05, 3.63) is 29.8 Å². The number of alkyl halides is 5. The lowest BCUT2D eigenvalue weighted by molar-refractivity contribution is -0.291. The molecule has 90 valence electrons. The molecule has 2 N–H and O–H groups in total. The first-order valence-corrected chi connectivity index (χ1v) is 3.98. The summed E-state index contributed by atoms with van der Waals surface area (Å²) < 4.78 is 74.1. The number of rotatable bonds is 2. The van der Waals surface area contributed by atoms with Crippen LogP contribution in [0.5, 0.6) is 0 Å². The average molecular weight is 244 g/mol. The standard InChI is InChI=1S/C8H6F6N2/c9-6-4(2-1-3-16-6)5(15)7(10,11)8(12,13)14/h1-3,5H,15H2/t5-/m0/s1. The van der Waals surface area contributed by atoms with Gasteiger partial charge in [0.2, 0.25) is 5.95 Å². The fraction of sp³-hybridized carbons (Fsp3) is 0.375. The minimum absolute atomic E-state index is 0.729. The van der Waals surface area contributed by atoms with E-state index in [-0.39, 0.29) is 0 Å². The van der Waals surface area contributed by atoms with Crippen molar-refractivity contribution < 1.29 is 26.3 Å². The number of aromatic nitrogens is 1. The Bertz CT molecular complexity index is 375. The quantitative estimate of drug-likeness (QED) is 0.641. The molecule has 0 saturated heterocycles. The van der Waals surface area contributed by atoms with Crippen molar-refractivity contribution in [2.24, 2.45) is 5.73 Å². The summed E-state index contributed by atoms with van der Waals surface area (Å²) in [5.41, 5.74) is 3.73. The molecule has 0 aliphatic rings. The summed E-state index contributed by atoms with van der Waals surface area (Å²) in [6, 6.07) is -1.07. The van der Waals surface area contributed by atoms with Gasteiger partial charge >= 0.3 is 12.1 Å². The lowest BCUT2D eigenvalue weighted by Crippen LogP contribution is -2.46. The van der Waals surface area contributed by atoms with Crippen LogP contribution < -0.4 is 5.73 Å². The molecule has 0 aliphatic carbocycles. The van der Waals surface area contributed by atoms with Gasteiger partial charge in [0.1, 0.15) is 6.04 Å². The number of nitrogens with two attached hydrogens (primary N) is 1. The first-order chi connectivity index (χ1) is 7.18. The molecule has 0 aromatic carbocycles. The Kier molecular flexibility index (Phi) is 3.13. The van der Waals surface area contributed by atoms with Crippen LogP contribution in [-0.2, 0) is 0 Å². The molecule has 0 spiro atoms. The van der Waals surface area contributed by atoms with Gasteiger partial charge in [-0.1, -0.05) is 6.07 Å². The van der Waals surface area contributed by atoms with Gasteiger partial charge in [-0.05, 0) is 6.07 Å². The lowest BCUT2D eigenvalue weighted by Gasteiger charge is -2.25. The van der Waals surface area contributed by atoms with Gasteiger partial charge in [-0.15, -0.1) is 0 Å². The second-order valence-corrected chi connectivity index (χ2v) is 2.98. The third kappa shape index (κ3) is 2.11. The Balaban J connectivity index is 3.12. The zero-order valence-corrected chi connectivity index (χ0v) is 7.60. The van der Waals surface area contributed by atoms with Crippen LogP contribution in [0.2, 0.25) is 0 Å². The summed E-state index contributed by atoms with van der Waals surface area (Å²) in [7, 11) is 0. The Hall–Kier alpha value is -1.31. The van der Waals surface area contributed by atoms with Crippen LogP contribution in [0.1, 0.15) is 11.6 Å². The largest absolute Gasteiger partial charge is 0.455 e. The molecular weight excluding hydrogens is 238 g/mol. The highest BCUT2D eigenvalue weighted by molar-refractivity contribution is 5.18. The molecule has 0 aliphatic heterocycles. The van der Waals surface area contributed by atoms with Crippen LogP contribution in [0.25, 0.3) is 0 Å². The average Bonchev–Trinajstić information content (AvgIpc) is 2.15. The van der Waals surface area contributed by atoms with Gasteiger partial charge in [-0.3, -0.25) is 0 Å². The number of hydrogen-bond acceptors (Lipinski definition) is 2. The van der Waals surface area contributed by atoms with E-state index in [2.05, 4.69) is 4.98 Å². The first-order valence-electron chi connectivity index (χ1n) is 3.98. The summed E-state index contributed by atoms with van der Waals surface area (Å²) in [6.45, 7) is 0. The Morgan fingerprint density at radius 3 is 2.19 bits per heavy atom. The smallest absolute Gasteiger partial charge is 0.319 e. The minimum atomic E-state index is -5.84. The molecule has 0 amide bonds. The SMILES string of the molecule is N[C@@H](c1cccnc1F)C(F)(F)C(F)(F)F. The minimum Gasteiger partial charge on any atom is -0.319 e. The van der Waals surface area contributed by atoms with Crippen LogP contribution in [0.3, 0.4) is 0 Å². The van der Waals surface area contributed by atoms with Crippen molar-refractivity contribution in [3.63, 3.8) is 0 Å². The predicted octanol–water partition coefficient (Wildman–Crippen LogP) is 2.42. The Morgan fingerprint density at radius 1 is 1.19 bits per heavy atom. The summed E-state index contributed by atoms with van der Waals surface area (Å²) in [5, 5.41) is 0. The van der Waals surface area contributed by atoms with E-state index >= 15 is 0 Å². The zero-order valence-electron chi connectivity index (χ0n) is 7.60. The van der Waals surface area contributed by atoms with E-state index in [0.717, 1.165) is 18.3 Å². The van der Waals surface area contributed by atoms with Crippen LogP contribution in [0, 0.1) is 5.95 Å². The van der Waals surface area contributed by atoms with Crippen LogP contribution in [0.15, 0.2) is 18.3 Å². The molecule has 1 heterocycles. The van der Waals surface area contributed by atoms with Gasteiger partial charge in [0.15, 0.2) is 0 Å². The monoisotopic (exact) mass is 244 g/mol. The summed E-state index contributed by atoms with van der Waals surface area (Å²) >= 11 is 0. The Labute approximate surface area is 86.1 Å². The summed E-state index contributed by atoms with van der Waals surface area (Å²) in [5.74, 6) is -6.66. The van der Waals surface area contributed by atoms with Crippen LogP contribution >= 0.6 is 0 Å². The number of hydrogen-bond donors (Lipinski definition) is 1. The van der Waals surface area contributed by atoms with Crippen molar-refractivity contribution in [2.45, 2.75) is 18.1 Å². The highest BCUT2D eigenvalue weighted by atomic mass is 19.4. The van der Waals surface area contributed by atoms with Crippen molar-refractivity contribution in [1.29, 1.82) is 0 Å². The van der Waals surface area contributed by atoms with E-state index < -0.39 is 29.7 Å². The van der Waals surface area contributed by atoms with Gasteiger partial charge in [-0.25, -0.2) is 4.98 Å². The van der Waals surface area contributed by atoms with Crippen molar-refractivity contribution in [3.8, 4) is 0 Å². The second kappa shape index (κ2) is 3.93. The third-order valence-corrected chi connectivity index (χ3v) is 1.89. The second-order valence-electron chi connectivity index (χ2n) is 2.98. The van der Waals surface area contributed by atoms with Crippen LogP contribution in [-0.4, -0.2) is 17.1 Å². The van der Waals surface area contributed by atoms with Gasteiger partial charge in [0.05, 0.1) is 0 Å². The van der Waals surface area contributed by atoms with E-state index in [1.54, 1.807) is 0 Å². The van der Waals surface area contributed by atoms with E-state index in [4.69, 9.17) is 5.73 Å². The molecule has 0 saturated carbocycles. The fourth-order valence-electron chi connectivity index (χ4n) is 1.00. The maximum absolute atomic E-state index is 12.9. The van der Waals surface area contributed by atoms with E-state index in [1.165, 1.54) is 0 Å². The maximum atomic E-state index is 12.9. The zero-order chi connectivity index (χ0) is 12.6. The molecule has 0 unspecified atom stereocenters. The molecule has 0 bridgehead atoms. The van der Waals surface area contributed by atoms with E-state index in [1.807, 2.05) is 0 Å². The van der Waals surface area contributed by atoms with E-state index in [0.29, 0.717) is 0 Å². The Morgan fingerprint density at radius 2 is 1.75 bits per heavy atom. The third-order valence-electron chi connectivity index (χ3n) is 1.89. The molecule has 1 aromatic rings. The van der Waals surface area contributed by atoms with Gasteiger partial charge in [0.25, 0.3) is 0 Å². The normalized spacial score (nSPS) is 14.9. The van der Waals surface area contributed by atoms with Gasteiger partial charge in [-0.2, -0.15) is 26.3 Å². The van der Waals surface area contributed by atoms with Crippen molar-refractivity contribution >= 4 is 0 Å². The molecule has 0 radical (unpaired) electrons. The lowest BCUT2D eigenvalue weighted by atomic mass is 10.0. The first kappa shape index (κ1) is 12.8. The number of nitrogens with zero attached hydrogens (tertiary/aromatic N) is 1. The van der Waals surface area contributed by atoms with Gasteiger partial charge < -0.3 is 5.73 Å². The molecular formula is C8H6F6N2. The molecule has 8 heteroatoms. The molecule has 2 nitrogen and oxygen atoms in total. The van der Waals surface area contributed by atoms with Crippen LogP contribution in [0.4, 0.5) is 26.3 Å². The predicted molar refractivity (Wildman–Crippen MR) is 42.1 cm³/mol. The molecule has 16 heavy (non-hydrogen) atoms. The highest BCUT2D eigenvalue weighted by Crippen LogP contribution is 2.43. The summed E-state index contributed by atoms with van der Waals surface area (Å²) in [4.78, 5) is 2.95. The van der Waals surface area contributed by atoms with Crippen molar-refractivity contribution in [1.82, 2.24) is 4.98 Å². The summed E-state index contributed by atoms with van der Waals surface area (Å²) in [6.07, 6.45) is -4.92. The van der Waals surface area contributed by atoms with Crippen molar-refractivity contribution in [2.75, 3.05) is 0 Å². The maximum Gasteiger partial charge on any atom is 0.455 e.